The molecule has 0 aliphatic rings. The molecule has 0 radical (unpaired) electrons. The van der Waals surface area contributed by atoms with Gasteiger partial charge in [-0.1, -0.05) is 46.6 Å². The summed E-state index contributed by atoms with van der Waals surface area (Å²) in [5.41, 5.74) is 7.46. The van der Waals surface area contributed by atoms with E-state index in [4.69, 9.17) is 17.3 Å². The molecule has 90 valence electrons. The van der Waals surface area contributed by atoms with Gasteiger partial charge in [0.1, 0.15) is 0 Å². The molecule has 4 nitrogen and oxygen atoms in total. The summed E-state index contributed by atoms with van der Waals surface area (Å²) < 4.78 is 2.61. The minimum absolute atomic E-state index is 0.227. The SMILES string of the molecule is CC(C)c1c(N)nnn1-c1ccc(Br)cc1Cl. The summed E-state index contributed by atoms with van der Waals surface area (Å²) in [6, 6.07) is 5.61. The lowest BCUT2D eigenvalue weighted by atomic mass is 10.1. The van der Waals surface area contributed by atoms with Crippen molar-refractivity contribution in [2.45, 2.75) is 19.8 Å². The second kappa shape index (κ2) is 4.66. The lowest BCUT2D eigenvalue weighted by Gasteiger charge is -2.11. The third-order valence-electron chi connectivity index (χ3n) is 2.42. The molecule has 0 fully saturated rings. The fourth-order valence-corrected chi connectivity index (χ4v) is 2.43. The Morgan fingerprint density at radius 2 is 2.12 bits per heavy atom. The molecule has 0 spiro atoms. The predicted molar refractivity (Wildman–Crippen MR) is 72.6 cm³/mol. The maximum atomic E-state index is 6.19. The number of nitrogens with two attached hydrogens (primary N) is 1. The quantitative estimate of drug-likeness (QED) is 0.924. The van der Waals surface area contributed by atoms with Gasteiger partial charge in [0.15, 0.2) is 5.82 Å². The minimum atomic E-state index is 0.227. The second-order valence-electron chi connectivity index (χ2n) is 4.02. The highest BCUT2D eigenvalue weighted by atomic mass is 79.9. The molecule has 0 unspecified atom stereocenters. The predicted octanol–water partition coefficient (Wildman–Crippen LogP) is 3.39. The molecule has 0 bridgehead atoms. The van der Waals surface area contributed by atoms with Gasteiger partial charge in [-0.25, -0.2) is 4.68 Å². The van der Waals surface area contributed by atoms with Crippen molar-refractivity contribution < 1.29 is 0 Å². The molecule has 0 amide bonds. The normalized spacial score (nSPS) is 11.1. The average molecular weight is 316 g/mol. The fourth-order valence-electron chi connectivity index (χ4n) is 1.67. The number of halogens is 2. The Balaban J connectivity index is 2.61. The fraction of sp³-hybridized carbons (Fsp3) is 0.273. The second-order valence-corrected chi connectivity index (χ2v) is 5.35. The first-order valence-electron chi connectivity index (χ1n) is 5.17. The van der Waals surface area contributed by atoms with E-state index >= 15 is 0 Å². The third kappa shape index (κ3) is 2.30. The van der Waals surface area contributed by atoms with Gasteiger partial charge in [0.25, 0.3) is 0 Å². The van der Waals surface area contributed by atoms with Gasteiger partial charge in [0.05, 0.1) is 16.4 Å². The lowest BCUT2D eigenvalue weighted by Crippen LogP contribution is -2.06. The molecule has 0 saturated heterocycles. The molecule has 1 aromatic heterocycles. The van der Waals surface area contributed by atoms with Crippen molar-refractivity contribution >= 4 is 33.3 Å². The Hall–Kier alpha value is -1.07. The van der Waals surface area contributed by atoms with Crippen molar-refractivity contribution in [3.8, 4) is 5.69 Å². The maximum Gasteiger partial charge on any atom is 0.169 e. The molecular weight excluding hydrogens is 304 g/mol. The van der Waals surface area contributed by atoms with E-state index < -0.39 is 0 Å². The number of hydrogen-bond acceptors (Lipinski definition) is 3. The van der Waals surface area contributed by atoms with Crippen LogP contribution in [0.5, 0.6) is 0 Å². The monoisotopic (exact) mass is 314 g/mol. The lowest BCUT2D eigenvalue weighted by molar-refractivity contribution is 0.716. The van der Waals surface area contributed by atoms with E-state index in [1.54, 1.807) is 4.68 Å². The van der Waals surface area contributed by atoms with Gasteiger partial charge in [-0.15, -0.1) is 5.10 Å². The molecule has 0 saturated carbocycles. The standard InChI is InChI=1S/C11H12BrClN4/c1-6(2)10-11(14)15-16-17(10)9-4-3-7(12)5-8(9)13/h3-6H,14H2,1-2H3. The Labute approximate surface area is 113 Å². The first-order valence-corrected chi connectivity index (χ1v) is 6.34. The highest BCUT2D eigenvalue weighted by Crippen LogP contribution is 2.28. The topological polar surface area (TPSA) is 56.7 Å². The van der Waals surface area contributed by atoms with Crippen LogP contribution in [-0.2, 0) is 0 Å². The number of anilines is 1. The summed E-state index contributed by atoms with van der Waals surface area (Å²) in [6.07, 6.45) is 0. The molecule has 6 heteroatoms. The molecule has 2 rings (SSSR count). The zero-order valence-electron chi connectivity index (χ0n) is 9.48. The van der Waals surface area contributed by atoms with Crippen molar-refractivity contribution in [2.75, 3.05) is 5.73 Å². The Bertz CT molecular complexity index is 550. The molecule has 1 heterocycles. The molecular formula is C11H12BrClN4. The van der Waals surface area contributed by atoms with Crippen molar-refractivity contribution in [1.82, 2.24) is 15.0 Å². The van der Waals surface area contributed by atoms with Crippen LogP contribution in [0.1, 0.15) is 25.5 Å². The Kier molecular flexibility index (Phi) is 3.40. The summed E-state index contributed by atoms with van der Waals surface area (Å²) in [5, 5.41) is 8.54. The molecule has 2 aromatic rings. The summed E-state index contributed by atoms with van der Waals surface area (Å²) in [6.45, 7) is 4.08. The zero-order chi connectivity index (χ0) is 12.6. The van der Waals surface area contributed by atoms with Gasteiger partial charge in [0.2, 0.25) is 0 Å². The molecule has 0 atom stereocenters. The summed E-state index contributed by atoms with van der Waals surface area (Å²) >= 11 is 9.56. The van der Waals surface area contributed by atoms with Gasteiger partial charge in [-0.2, -0.15) is 0 Å². The van der Waals surface area contributed by atoms with Gasteiger partial charge in [-0.05, 0) is 24.1 Å². The average Bonchev–Trinajstić information content (AvgIpc) is 2.60. The Morgan fingerprint density at radius 1 is 1.41 bits per heavy atom. The first-order chi connectivity index (χ1) is 8.00. The smallest absolute Gasteiger partial charge is 0.169 e. The molecule has 2 N–H and O–H groups in total. The number of aromatic nitrogens is 3. The maximum absolute atomic E-state index is 6.19. The van der Waals surface area contributed by atoms with E-state index in [9.17, 15) is 0 Å². The molecule has 1 aromatic carbocycles. The molecule has 17 heavy (non-hydrogen) atoms. The summed E-state index contributed by atoms with van der Waals surface area (Å²) in [4.78, 5) is 0. The molecule has 0 aliphatic carbocycles. The van der Waals surface area contributed by atoms with Crippen LogP contribution < -0.4 is 5.73 Å². The summed E-state index contributed by atoms with van der Waals surface area (Å²) in [5.74, 6) is 0.670. The van der Waals surface area contributed by atoms with Crippen molar-refractivity contribution in [2.24, 2.45) is 0 Å². The van der Waals surface area contributed by atoms with E-state index in [1.165, 1.54) is 0 Å². The number of nitrogen functional groups attached to an aromatic ring is 1. The summed E-state index contributed by atoms with van der Waals surface area (Å²) in [7, 11) is 0. The van der Waals surface area contributed by atoms with Gasteiger partial charge < -0.3 is 5.73 Å². The van der Waals surface area contributed by atoms with Gasteiger partial charge in [-0.3, -0.25) is 0 Å². The van der Waals surface area contributed by atoms with E-state index in [0.717, 1.165) is 15.9 Å². The van der Waals surface area contributed by atoms with Gasteiger partial charge in [0, 0.05) is 4.47 Å². The van der Waals surface area contributed by atoms with E-state index in [1.807, 2.05) is 32.0 Å². The third-order valence-corrected chi connectivity index (χ3v) is 3.21. The van der Waals surface area contributed by atoms with Crippen LogP contribution in [0.4, 0.5) is 5.82 Å². The van der Waals surface area contributed by atoms with Gasteiger partial charge >= 0.3 is 0 Å². The number of rotatable bonds is 2. The highest BCUT2D eigenvalue weighted by Gasteiger charge is 2.16. The van der Waals surface area contributed by atoms with Crippen molar-refractivity contribution in [3.63, 3.8) is 0 Å². The largest absolute Gasteiger partial charge is 0.381 e. The number of benzene rings is 1. The highest BCUT2D eigenvalue weighted by molar-refractivity contribution is 9.10. The first kappa shape index (κ1) is 12.4. The van der Waals surface area contributed by atoms with Crippen LogP contribution in [-0.4, -0.2) is 15.0 Å². The van der Waals surface area contributed by atoms with Crippen LogP contribution in [0.25, 0.3) is 5.69 Å². The number of nitrogens with zero attached hydrogens (tertiary/aromatic N) is 3. The van der Waals surface area contributed by atoms with Crippen LogP contribution in [0.15, 0.2) is 22.7 Å². The molecule has 0 aliphatic heterocycles. The van der Waals surface area contributed by atoms with E-state index in [-0.39, 0.29) is 5.92 Å². The van der Waals surface area contributed by atoms with E-state index in [2.05, 4.69) is 26.2 Å². The van der Waals surface area contributed by atoms with Crippen LogP contribution in [0.2, 0.25) is 5.02 Å². The van der Waals surface area contributed by atoms with Crippen LogP contribution in [0, 0.1) is 0 Å². The minimum Gasteiger partial charge on any atom is -0.381 e. The van der Waals surface area contributed by atoms with E-state index in [0.29, 0.717) is 10.8 Å². The van der Waals surface area contributed by atoms with Crippen molar-refractivity contribution in [1.29, 1.82) is 0 Å². The van der Waals surface area contributed by atoms with Crippen molar-refractivity contribution in [3.05, 3.63) is 33.4 Å². The zero-order valence-corrected chi connectivity index (χ0v) is 11.8. The van der Waals surface area contributed by atoms with Crippen LogP contribution >= 0.6 is 27.5 Å². The van der Waals surface area contributed by atoms with Crippen LogP contribution in [0.3, 0.4) is 0 Å². The Morgan fingerprint density at radius 3 is 2.71 bits per heavy atom. The number of hydrogen-bond donors (Lipinski definition) is 1.